The molecule has 88 valence electrons. The molecule has 16 heavy (non-hydrogen) atoms. The largest absolute Gasteiger partial charge is 0.381 e. The van der Waals surface area contributed by atoms with Crippen molar-refractivity contribution in [3.05, 3.63) is 24.3 Å². The molecule has 1 aromatic heterocycles. The minimum Gasteiger partial charge on any atom is -0.381 e. The predicted molar refractivity (Wildman–Crippen MR) is 60.6 cm³/mol. The van der Waals surface area contributed by atoms with Crippen LogP contribution in [0.1, 0.15) is 13.3 Å². The molecule has 0 radical (unpaired) electrons. The molecule has 1 heterocycles. The van der Waals surface area contributed by atoms with E-state index in [4.69, 9.17) is 0 Å². The standard InChI is InChI=1S/C11H16FN3O/c1-8(6-11(16)15(2)3)14-9-4-5-10(12)13-7-9/h4-5,7-8,14H,6H2,1-3H3. The number of nitrogens with one attached hydrogen (secondary N) is 1. The van der Waals surface area contributed by atoms with E-state index in [1.807, 2.05) is 6.92 Å². The lowest BCUT2D eigenvalue weighted by Gasteiger charge is -2.17. The third kappa shape index (κ3) is 3.84. The lowest BCUT2D eigenvalue weighted by atomic mass is 10.2. The van der Waals surface area contributed by atoms with Crippen molar-refractivity contribution in [3.8, 4) is 0 Å². The Bertz CT molecular complexity index is 351. The fraction of sp³-hybridized carbons (Fsp3) is 0.455. The molecule has 4 nitrogen and oxygen atoms in total. The first kappa shape index (κ1) is 12.4. The number of hydrogen-bond donors (Lipinski definition) is 1. The van der Waals surface area contributed by atoms with Crippen LogP contribution in [0.5, 0.6) is 0 Å². The van der Waals surface area contributed by atoms with E-state index in [-0.39, 0.29) is 11.9 Å². The Labute approximate surface area is 94.5 Å². The highest BCUT2D eigenvalue weighted by Gasteiger charge is 2.10. The minimum atomic E-state index is -0.512. The van der Waals surface area contributed by atoms with Gasteiger partial charge in [-0.05, 0) is 19.1 Å². The quantitative estimate of drug-likeness (QED) is 0.790. The molecule has 0 fully saturated rings. The maximum absolute atomic E-state index is 12.5. The number of rotatable bonds is 4. The van der Waals surface area contributed by atoms with E-state index >= 15 is 0 Å². The van der Waals surface area contributed by atoms with E-state index in [0.717, 1.165) is 0 Å². The minimum absolute atomic E-state index is 0.0119. The zero-order valence-electron chi connectivity index (χ0n) is 9.70. The van der Waals surface area contributed by atoms with Crippen molar-refractivity contribution in [3.63, 3.8) is 0 Å². The molecule has 0 saturated heterocycles. The van der Waals surface area contributed by atoms with Crippen molar-refractivity contribution < 1.29 is 9.18 Å². The molecule has 1 unspecified atom stereocenters. The van der Waals surface area contributed by atoms with E-state index in [1.165, 1.54) is 12.3 Å². The molecule has 1 atom stereocenters. The SMILES string of the molecule is CC(CC(=O)N(C)C)Nc1ccc(F)nc1. The molecule has 1 aromatic rings. The molecule has 0 aromatic carbocycles. The number of amides is 1. The van der Waals surface area contributed by atoms with Gasteiger partial charge in [0.15, 0.2) is 0 Å². The van der Waals surface area contributed by atoms with Crippen LogP contribution >= 0.6 is 0 Å². The first-order chi connectivity index (χ1) is 7.49. The molecule has 0 saturated carbocycles. The maximum atomic E-state index is 12.5. The van der Waals surface area contributed by atoms with E-state index in [1.54, 1.807) is 25.1 Å². The third-order valence-corrected chi connectivity index (χ3v) is 2.12. The van der Waals surface area contributed by atoms with Gasteiger partial charge in [-0.3, -0.25) is 4.79 Å². The fourth-order valence-corrected chi connectivity index (χ4v) is 1.24. The Morgan fingerprint density at radius 2 is 2.25 bits per heavy atom. The number of carbonyl (C=O) groups excluding carboxylic acids is 1. The van der Waals surface area contributed by atoms with Crippen LogP contribution in [0, 0.1) is 5.95 Å². The van der Waals surface area contributed by atoms with E-state index in [9.17, 15) is 9.18 Å². The summed E-state index contributed by atoms with van der Waals surface area (Å²) in [6, 6.07) is 2.86. The summed E-state index contributed by atoms with van der Waals surface area (Å²) in [5.41, 5.74) is 0.709. The Morgan fingerprint density at radius 1 is 1.56 bits per heavy atom. The maximum Gasteiger partial charge on any atom is 0.224 e. The van der Waals surface area contributed by atoms with Crippen LogP contribution in [-0.2, 0) is 4.79 Å². The molecule has 0 aliphatic carbocycles. The Kier molecular flexibility index (Phi) is 4.22. The second-order valence-electron chi connectivity index (χ2n) is 3.91. The Morgan fingerprint density at radius 3 is 2.75 bits per heavy atom. The lowest BCUT2D eigenvalue weighted by molar-refractivity contribution is -0.128. The van der Waals surface area contributed by atoms with Crippen molar-refractivity contribution in [2.75, 3.05) is 19.4 Å². The van der Waals surface area contributed by atoms with E-state index in [0.29, 0.717) is 12.1 Å². The van der Waals surface area contributed by atoms with E-state index < -0.39 is 5.95 Å². The average molecular weight is 225 g/mol. The van der Waals surface area contributed by atoms with Crippen molar-refractivity contribution >= 4 is 11.6 Å². The number of nitrogens with zero attached hydrogens (tertiary/aromatic N) is 2. The van der Waals surface area contributed by atoms with Gasteiger partial charge in [-0.2, -0.15) is 4.39 Å². The van der Waals surface area contributed by atoms with Crippen LogP contribution in [0.3, 0.4) is 0 Å². The van der Waals surface area contributed by atoms with Crippen molar-refractivity contribution in [1.82, 2.24) is 9.88 Å². The molecule has 1 N–H and O–H groups in total. The number of aromatic nitrogens is 1. The number of hydrogen-bond acceptors (Lipinski definition) is 3. The van der Waals surface area contributed by atoms with Gasteiger partial charge < -0.3 is 10.2 Å². The van der Waals surface area contributed by atoms with Crippen molar-refractivity contribution in [2.45, 2.75) is 19.4 Å². The summed E-state index contributed by atoms with van der Waals surface area (Å²) in [4.78, 5) is 16.5. The molecule has 0 aliphatic heterocycles. The zero-order chi connectivity index (χ0) is 12.1. The van der Waals surface area contributed by atoms with Crippen LogP contribution in [0.25, 0.3) is 0 Å². The topological polar surface area (TPSA) is 45.2 Å². The summed E-state index contributed by atoms with van der Waals surface area (Å²) in [7, 11) is 3.43. The summed E-state index contributed by atoms with van der Waals surface area (Å²) in [6.07, 6.45) is 1.80. The number of halogens is 1. The highest BCUT2D eigenvalue weighted by atomic mass is 19.1. The van der Waals surface area contributed by atoms with Crippen LogP contribution < -0.4 is 5.32 Å². The predicted octanol–water partition coefficient (Wildman–Crippen LogP) is 1.50. The molecule has 5 heteroatoms. The van der Waals surface area contributed by atoms with Gasteiger partial charge in [0.05, 0.1) is 11.9 Å². The van der Waals surface area contributed by atoms with Gasteiger partial charge in [-0.25, -0.2) is 4.98 Å². The first-order valence-corrected chi connectivity index (χ1v) is 5.07. The Balaban J connectivity index is 2.48. The average Bonchev–Trinajstić information content (AvgIpc) is 2.21. The van der Waals surface area contributed by atoms with Gasteiger partial charge in [0.2, 0.25) is 11.9 Å². The molecule has 0 aliphatic rings. The second kappa shape index (κ2) is 5.44. The summed E-state index contributed by atoms with van der Waals surface area (Å²) in [5.74, 6) is -0.461. The third-order valence-electron chi connectivity index (χ3n) is 2.12. The Hall–Kier alpha value is -1.65. The van der Waals surface area contributed by atoms with Crippen molar-refractivity contribution in [1.29, 1.82) is 0 Å². The number of carbonyl (C=O) groups is 1. The molecular weight excluding hydrogens is 209 g/mol. The molecule has 0 bridgehead atoms. The summed E-state index contributed by atoms with van der Waals surface area (Å²) in [6.45, 7) is 1.89. The van der Waals surface area contributed by atoms with Gasteiger partial charge in [-0.1, -0.05) is 0 Å². The summed E-state index contributed by atoms with van der Waals surface area (Å²) < 4.78 is 12.5. The fourth-order valence-electron chi connectivity index (χ4n) is 1.24. The van der Waals surface area contributed by atoms with Crippen LogP contribution in [0.4, 0.5) is 10.1 Å². The highest BCUT2D eigenvalue weighted by Crippen LogP contribution is 2.08. The van der Waals surface area contributed by atoms with E-state index in [2.05, 4.69) is 10.3 Å². The smallest absolute Gasteiger partial charge is 0.224 e. The van der Waals surface area contributed by atoms with Gasteiger partial charge in [-0.15, -0.1) is 0 Å². The van der Waals surface area contributed by atoms with Gasteiger partial charge in [0, 0.05) is 26.6 Å². The monoisotopic (exact) mass is 225 g/mol. The lowest BCUT2D eigenvalue weighted by Crippen LogP contribution is -2.28. The number of pyridine rings is 1. The van der Waals surface area contributed by atoms with Gasteiger partial charge in [0.25, 0.3) is 0 Å². The molecule has 0 spiro atoms. The number of anilines is 1. The highest BCUT2D eigenvalue weighted by molar-refractivity contribution is 5.76. The van der Waals surface area contributed by atoms with Crippen LogP contribution in [0.15, 0.2) is 18.3 Å². The second-order valence-corrected chi connectivity index (χ2v) is 3.91. The molecule has 1 amide bonds. The van der Waals surface area contributed by atoms with Crippen LogP contribution in [0.2, 0.25) is 0 Å². The van der Waals surface area contributed by atoms with Gasteiger partial charge >= 0.3 is 0 Å². The summed E-state index contributed by atoms with van der Waals surface area (Å²) >= 11 is 0. The normalized spacial score (nSPS) is 12.0. The molecule has 1 rings (SSSR count). The van der Waals surface area contributed by atoms with Crippen molar-refractivity contribution in [2.24, 2.45) is 0 Å². The first-order valence-electron chi connectivity index (χ1n) is 5.07. The van der Waals surface area contributed by atoms with Gasteiger partial charge in [0.1, 0.15) is 0 Å². The molecular formula is C11H16FN3O. The van der Waals surface area contributed by atoms with Crippen LogP contribution in [-0.4, -0.2) is 35.9 Å². The zero-order valence-corrected chi connectivity index (χ0v) is 9.70. The summed E-state index contributed by atoms with van der Waals surface area (Å²) in [5, 5.41) is 3.08.